The lowest BCUT2D eigenvalue weighted by Gasteiger charge is -2.31. The van der Waals surface area contributed by atoms with Gasteiger partial charge in [-0.25, -0.2) is 13.2 Å². The van der Waals surface area contributed by atoms with E-state index in [1.807, 2.05) is 0 Å². The summed E-state index contributed by atoms with van der Waals surface area (Å²) in [5, 5.41) is 8.92. The monoisotopic (exact) mass is 603 g/mol. The summed E-state index contributed by atoms with van der Waals surface area (Å²) in [6, 6.07) is 21.0. The van der Waals surface area contributed by atoms with Crippen LogP contribution in [0.4, 0.5) is 22.0 Å². The Bertz CT molecular complexity index is 1640. The molecule has 7 heteroatoms. The average molecular weight is 604 g/mol. The Morgan fingerprint density at radius 1 is 0.750 bits per heavy atom. The van der Waals surface area contributed by atoms with Gasteiger partial charge in [-0.2, -0.15) is 14.0 Å². The van der Waals surface area contributed by atoms with E-state index in [4.69, 9.17) is 10.00 Å². The standard InChI is InChI=1S/C37H34F5NO/c1-2-3-4-5-24-6-14-30(15-7-24)37(41,42)44-31-16-10-25(11-17-31)26-12-18-32(35(39)20-26)28-13-19-33(36(40)22-28)27-8-9-29(23-43)34(38)21-27/h6-9,12-15,18-22,25,31H,2-5,10-11,16-17H2,1H3. The molecule has 0 heterocycles. The molecule has 1 aliphatic rings. The number of ether oxygens (including phenoxy) is 1. The molecule has 2 nitrogen and oxygen atoms in total. The third kappa shape index (κ3) is 7.19. The van der Waals surface area contributed by atoms with Crippen LogP contribution in [0.3, 0.4) is 0 Å². The quantitative estimate of drug-likeness (QED) is 0.133. The van der Waals surface area contributed by atoms with E-state index in [0.29, 0.717) is 31.2 Å². The third-order valence-electron chi connectivity index (χ3n) is 8.49. The van der Waals surface area contributed by atoms with Crippen LogP contribution in [0.15, 0.2) is 78.9 Å². The van der Waals surface area contributed by atoms with Crippen LogP contribution in [0, 0.1) is 28.8 Å². The molecule has 4 aromatic rings. The van der Waals surface area contributed by atoms with Gasteiger partial charge in [0.2, 0.25) is 0 Å². The maximum Gasteiger partial charge on any atom is 0.383 e. The molecule has 1 saturated carbocycles. The van der Waals surface area contributed by atoms with Crippen molar-refractivity contribution in [2.45, 2.75) is 76.4 Å². The van der Waals surface area contributed by atoms with Gasteiger partial charge in [0.05, 0.1) is 17.2 Å². The second kappa shape index (κ2) is 13.7. The lowest BCUT2D eigenvalue weighted by atomic mass is 9.82. The Kier molecular flexibility index (Phi) is 9.80. The van der Waals surface area contributed by atoms with Crippen molar-refractivity contribution in [2.75, 3.05) is 0 Å². The molecule has 44 heavy (non-hydrogen) atoms. The fraction of sp³-hybridized carbons (Fsp3) is 0.324. The van der Waals surface area contributed by atoms with Crippen LogP contribution >= 0.6 is 0 Å². The van der Waals surface area contributed by atoms with Crippen molar-refractivity contribution in [1.82, 2.24) is 0 Å². The Morgan fingerprint density at radius 2 is 1.36 bits per heavy atom. The molecule has 0 aromatic heterocycles. The molecular weight excluding hydrogens is 569 g/mol. The zero-order chi connectivity index (χ0) is 31.3. The van der Waals surface area contributed by atoms with Crippen molar-refractivity contribution in [3.63, 3.8) is 0 Å². The summed E-state index contributed by atoms with van der Waals surface area (Å²) in [5.74, 6) is -1.90. The van der Waals surface area contributed by atoms with Crippen molar-refractivity contribution < 1.29 is 26.7 Å². The average Bonchev–Trinajstić information content (AvgIpc) is 3.01. The Labute approximate surface area is 255 Å². The minimum absolute atomic E-state index is 0.000169. The minimum Gasteiger partial charge on any atom is -0.313 e. The molecule has 0 atom stereocenters. The number of hydrogen-bond acceptors (Lipinski definition) is 2. The molecule has 0 saturated heterocycles. The number of nitrogens with zero attached hydrogens (tertiary/aromatic N) is 1. The normalized spacial score (nSPS) is 16.9. The molecular formula is C37H34F5NO. The Hall–Kier alpha value is -4.02. The predicted molar refractivity (Wildman–Crippen MR) is 162 cm³/mol. The number of alkyl halides is 2. The first-order valence-electron chi connectivity index (χ1n) is 15.1. The Balaban J connectivity index is 1.20. The number of halogens is 5. The molecule has 1 aliphatic carbocycles. The molecule has 0 unspecified atom stereocenters. The molecule has 5 rings (SSSR count). The predicted octanol–water partition coefficient (Wildman–Crippen LogP) is 10.8. The highest BCUT2D eigenvalue weighted by Crippen LogP contribution is 2.40. The second-order valence-corrected chi connectivity index (χ2v) is 11.5. The highest BCUT2D eigenvalue weighted by atomic mass is 19.3. The molecule has 0 spiro atoms. The number of benzene rings is 4. The van der Waals surface area contributed by atoms with Crippen LogP contribution in [0.1, 0.15) is 80.0 Å². The maximum absolute atomic E-state index is 15.3. The van der Waals surface area contributed by atoms with Crippen molar-refractivity contribution in [3.8, 4) is 28.3 Å². The summed E-state index contributed by atoms with van der Waals surface area (Å²) in [5.41, 5.74) is 2.48. The first-order valence-corrected chi connectivity index (χ1v) is 15.1. The van der Waals surface area contributed by atoms with Crippen LogP contribution in [-0.4, -0.2) is 6.10 Å². The van der Waals surface area contributed by atoms with Crippen LogP contribution in [0.25, 0.3) is 22.3 Å². The summed E-state index contributed by atoms with van der Waals surface area (Å²) in [4.78, 5) is 0. The topological polar surface area (TPSA) is 33.0 Å². The second-order valence-electron chi connectivity index (χ2n) is 11.5. The molecule has 0 aliphatic heterocycles. The largest absolute Gasteiger partial charge is 0.383 e. The van der Waals surface area contributed by atoms with Gasteiger partial charge in [0.1, 0.15) is 23.5 Å². The van der Waals surface area contributed by atoms with Gasteiger partial charge in [-0.05, 0) is 91.0 Å². The van der Waals surface area contributed by atoms with E-state index in [2.05, 4.69) is 6.92 Å². The van der Waals surface area contributed by atoms with Gasteiger partial charge in [0, 0.05) is 11.1 Å². The molecule has 0 bridgehead atoms. The first-order chi connectivity index (χ1) is 21.2. The summed E-state index contributed by atoms with van der Waals surface area (Å²) >= 11 is 0. The van der Waals surface area contributed by atoms with Crippen molar-refractivity contribution in [3.05, 3.63) is 119 Å². The SMILES string of the molecule is CCCCCc1ccc(C(F)(F)OC2CCC(c3ccc(-c4ccc(-c5ccc(C#N)c(F)c5)c(F)c4)c(F)c3)CC2)cc1. The van der Waals surface area contributed by atoms with E-state index in [0.717, 1.165) is 42.9 Å². The summed E-state index contributed by atoms with van der Waals surface area (Å²) < 4.78 is 79.4. The zero-order valence-electron chi connectivity index (χ0n) is 24.6. The highest BCUT2D eigenvalue weighted by Gasteiger charge is 2.37. The van der Waals surface area contributed by atoms with Crippen molar-refractivity contribution >= 4 is 0 Å². The summed E-state index contributed by atoms with van der Waals surface area (Å²) in [6.45, 7) is 2.13. The number of unbranched alkanes of at least 4 members (excludes halogenated alkanes) is 2. The zero-order valence-corrected chi connectivity index (χ0v) is 24.6. The van der Waals surface area contributed by atoms with E-state index < -0.39 is 29.7 Å². The maximum atomic E-state index is 15.3. The van der Waals surface area contributed by atoms with E-state index in [-0.39, 0.29) is 33.7 Å². The lowest BCUT2D eigenvalue weighted by molar-refractivity contribution is -0.277. The minimum atomic E-state index is -3.38. The summed E-state index contributed by atoms with van der Waals surface area (Å²) in [7, 11) is 0. The van der Waals surface area contributed by atoms with E-state index >= 15 is 4.39 Å². The van der Waals surface area contributed by atoms with E-state index in [1.165, 1.54) is 42.5 Å². The number of hydrogen-bond donors (Lipinski definition) is 0. The molecule has 0 radical (unpaired) electrons. The van der Waals surface area contributed by atoms with Gasteiger partial charge in [-0.15, -0.1) is 0 Å². The van der Waals surface area contributed by atoms with E-state index in [9.17, 15) is 17.6 Å². The molecule has 1 fully saturated rings. The van der Waals surface area contributed by atoms with Crippen molar-refractivity contribution in [1.29, 1.82) is 5.26 Å². The highest BCUT2D eigenvalue weighted by molar-refractivity contribution is 5.72. The van der Waals surface area contributed by atoms with Crippen molar-refractivity contribution in [2.24, 2.45) is 0 Å². The lowest BCUT2D eigenvalue weighted by Crippen LogP contribution is -2.29. The van der Waals surface area contributed by atoms with Crippen LogP contribution in [-0.2, 0) is 17.3 Å². The summed E-state index contributed by atoms with van der Waals surface area (Å²) in [6.07, 6.45) is 2.18. The third-order valence-corrected chi connectivity index (χ3v) is 8.49. The number of aryl methyl sites for hydroxylation is 1. The van der Waals surface area contributed by atoms with Gasteiger partial charge >= 0.3 is 6.11 Å². The number of nitriles is 1. The molecule has 228 valence electrons. The van der Waals surface area contributed by atoms with Gasteiger partial charge in [0.25, 0.3) is 0 Å². The fourth-order valence-electron chi connectivity index (χ4n) is 5.95. The molecule has 0 N–H and O–H groups in total. The molecule has 0 amide bonds. The fourth-order valence-corrected chi connectivity index (χ4v) is 5.95. The van der Waals surface area contributed by atoms with Gasteiger partial charge in [-0.3, -0.25) is 0 Å². The van der Waals surface area contributed by atoms with Gasteiger partial charge in [0.15, 0.2) is 0 Å². The number of rotatable bonds is 10. The Morgan fingerprint density at radius 3 is 1.95 bits per heavy atom. The van der Waals surface area contributed by atoms with Crippen LogP contribution < -0.4 is 0 Å². The van der Waals surface area contributed by atoms with Gasteiger partial charge in [-0.1, -0.05) is 74.4 Å². The smallest absolute Gasteiger partial charge is 0.313 e. The first kappa shape index (κ1) is 31.4. The van der Waals surface area contributed by atoms with Gasteiger partial charge < -0.3 is 4.74 Å². The van der Waals surface area contributed by atoms with Crippen LogP contribution in [0.2, 0.25) is 0 Å². The van der Waals surface area contributed by atoms with E-state index in [1.54, 1.807) is 36.4 Å². The molecule has 4 aromatic carbocycles. The van der Waals surface area contributed by atoms with Crippen LogP contribution in [0.5, 0.6) is 0 Å².